The molecule has 0 fully saturated rings. The molecule has 33 heavy (non-hydrogen) atoms. The Labute approximate surface area is 224 Å². The van der Waals surface area contributed by atoms with Crippen LogP contribution in [0.5, 0.6) is 0 Å². The molecule has 0 saturated heterocycles. The van der Waals surface area contributed by atoms with E-state index < -0.39 is 20.2 Å². The molecule has 4 aromatic rings. The average molecular weight is 511 g/mol. The van der Waals surface area contributed by atoms with E-state index in [1.807, 2.05) is 39.8 Å². The molecule has 4 rings (SSSR count). The molecule has 6 nitrogen and oxygen atoms in total. The van der Waals surface area contributed by atoms with E-state index in [1.165, 1.54) is 12.1 Å². The monoisotopic (exact) mass is 510 g/mol. The van der Waals surface area contributed by atoms with Crippen molar-refractivity contribution in [1.29, 1.82) is 0 Å². The van der Waals surface area contributed by atoms with Gasteiger partial charge in [0.15, 0.2) is 0 Å². The standard InChI is InChI=1S/2C12H12O3S.Ca/c2*1-8-3-5-10-11(7-8)9(2)4-6-12(10)16(13,14)15;/h2*3-7H,1-2H3,(H,13,14,15);/q;;+2/p-2. The van der Waals surface area contributed by atoms with Crippen LogP contribution in [0.25, 0.3) is 21.5 Å². The van der Waals surface area contributed by atoms with E-state index in [0.717, 1.165) is 33.0 Å². The maximum absolute atomic E-state index is 11.1. The van der Waals surface area contributed by atoms with Gasteiger partial charge in [0.05, 0.1) is 9.79 Å². The van der Waals surface area contributed by atoms with Gasteiger partial charge in [-0.3, -0.25) is 0 Å². The minimum Gasteiger partial charge on any atom is -0.744 e. The van der Waals surface area contributed by atoms with E-state index in [-0.39, 0.29) is 47.5 Å². The first-order chi connectivity index (χ1) is 14.8. The number of fused-ring (bicyclic) bond motifs is 2. The van der Waals surface area contributed by atoms with E-state index in [9.17, 15) is 25.9 Å². The molecule has 0 spiro atoms. The average Bonchev–Trinajstić information content (AvgIpc) is 2.68. The van der Waals surface area contributed by atoms with Crippen molar-refractivity contribution >= 4 is 79.5 Å². The van der Waals surface area contributed by atoms with Crippen molar-refractivity contribution in [2.24, 2.45) is 0 Å². The second-order valence-electron chi connectivity index (χ2n) is 7.77. The summed E-state index contributed by atoms with van der Waals surface area (Å²) in [5.74, 6) is 0. The number of hydrogen-bond acceptors (Lipinski definition) is 6. The molecule has 0 unspecified atom stereocenters. The van der Waals surface area contributed by atoms with Gasteiger partial charge < -0.3 is 9.11 Å². The first-order valence-electron chi connectivity index (χ1n) is 9.71. The molecule has 9 heteroatoms. The fraction of sp³-hybridized carbons (Fsp3) is 0.167. The van der Waals surface area contributed by atoms with Gasteiger partial charge in [-0.2, -0.15) is 0 Å². The van der Waals surface area contributed by atoms with Gasteiger partial charge in [-0.1, -0.05) is 59.7 Å². The SMILES string of the molecule is Cc1ccc2c(S(=O)(=O)[O-])ccc(C)c2c1.Cc1ccc2c(S(=O)(=O)[O-])ccc(C)c2c1.[Ca+2]. The third kappa shape index (κ3) is 6.33. The van der Waals surface area contributed by atoms with Crippen molar-refractivity contribution in [2.75, 3.05) is 0 Å². The zero-order chi connectivity index (χ0) is 23.8. The molecular weight excluding hydrogens is 488 g/mol. The molecule has 168 valence electrons. The van der Waals surface area contributed by atoms with Crippen molar-refractivity contribution < 1.29 is 25.9 Å². The number of benzene rings is 4. The Kier molecular flexibility index (Phi) is 8.73. The Morgan fingerprint density at radius 3 is 1.15 bits per heavy atom. The Morgan fingerprint density at radius 1 is 0.515 bits per heavy atom. The van der Waals surface area contributed by atoms with Crippen LogP contribution in [0.15, 0.2) is 70.5 Å². The van der Waals surface area contributed by atoms with Crippen molar-refractivity contribution in [1.82, 2.24) is 0 Å². The summed E-state index contributed by atoms with van der Waals surface area (Å²) < 4.78 is 66.5. The molecule has 0 aliphatic rings. The molecule has 0 bridgehead atoms. The fourth-order valence-electron chi connectivity index (χ4n) is 3.59. The molecular formula is C24H22CaO6S2. The summed E-state index contributed by atoms with van der Waals surface area (Å²) in [7, 11) is -8.82. The zero-order valence-electron chi connectivity index (χ0n) is 18.7. The van der Waals surface area contributed by atoms with Crippen molar-refractivity contribution in [3.8, 4) is 0 Å². The van der Waals surface area contributed by atoms with E-state index in [0.29, 0.717) is 10.8 Å². The molecule has 0 radical (unpaired) electrons. The second kappa shape index (κ2) is 10.4. The van der Waals surface area contributed by atoms with Crippen molar-refractivity contribution in [3.05, 3.63) is 82.9 Å². The minimum atomic E-state index is -4.41. The summed E-state index contributed by atoms with van der Waals surface area (Å²) in [5, 5.41) is 2.63. The van der Waals surface area contributed by atoms with Crippen LogP contribution in [0, 0.1) is 27.7 Å². The van der Waals surface area contributed by atoms with Gasteiger partial charge in [0.2, 0.25) is 0 Å². The Balaban J connectivity index is 0.000000227. The van der Waals surface area contributed by atoms with Crippen LogP contribution < -0.4 is 0 Å². The molecule has 0 aliphatic heterocycles. The Bertz CT molecular complexity index is 1440. The maximum Gasteiger partial charge on any atom is 2.00 e. The van der Waals surface area contributed by atoms with Gasteiger partial charge >= 0.3 is 37.7 Å². The number of aryl methyl sites for hydroxylation is 4. The molecule has 0 heterocycles. The topological polar surface area (TPSA) is 114 Å². The van der Waals surface area contributed by atoms with Crippen LogP contribution in [0.2, 0.25) is 0 Å². The third-order valence-electron chi connectivity index (χ3n) is 5.24. The third-order valence-corrected chi connectivity index (χ3v) is 7.03. The van der Waals surface area contributed by atoms with Crippen molar-refractivity contribution in [2.45, 2.75) is 37.5 Å². The maximum atomic E-state index is 11.1. The number of hydrogen-bond donors (Lipinski definition) is 0. The van der Waals surface area contributed by atoms with Crippen LogP contribution in [0.3, 0.4) is 0 Å². The van der Waals surface area contributed by atoms with Gasteiger partial charge in [0.25, 0.3) is 0 Å². The molecule has 4 aromatic carbocycles. The predicted octanol–water partition coefficient (Wildman–Crippen LogP) is 4.34. The van der Waals surface area contributed by atoms with Crippen LogP contribution in [-0.4, -0.2) is 63.7 Å². The van der Waals surface area contributed by atoms with Crippen LogP contribution in [-0.2, 0) is 20.2 Å². The minimum absolute atomic E-state index is 0. The summed E-state index contributed by atoms with van der Waals surface area (Å²) >= 11 is 0. The Morgan fingerprint density at radius 2 is 0.848 bits per heavy atom. The molecule has 0 N–H and O–H groups in total. The largest absolute Gasteiger partial charge is 2.00 e. The smallest absolute Gasteiger partial charge is 0.744 e. The predicted molar refractivity (Wildman–Crippen MR) is 129 cm³/mol. The van der Waals surface area contributed by atoms with Crippen LogP contribution >= 0.6 is 0 Å². The van der Waals surface area contributed by atoms with Crippen LogP contribution in [0.1, 0.15) is 22.3 Å². The van der Waals surface area contributed by atoms with Gasteiger partial charge in [0, 0.05) is 0 Å². The molecule has 0 saturated carbocycles. The zero-order valence-corrected chi connectivity index (χ0v) is 22.6. The first kappa shape index (κ1) is 27.7. The first-order valence-corrected chi connectivity index (χ1v) is 12.5. The van der Waals surface area contributed by atoms with E-state index >= 15 is 0 Å². The van der Waals surface area contributed by atoms with E-state index in [2.05, 4.69) is 0 Å². The molecule has 0 aromatic heterocycles. The van der Waals surface area contributed by atoms with E-state index in [1.54, 1.807) is 36.4 Å². The van der Waals surface area contributed by atoms with Gasteiger partial charge in [-0.25, -0.2) is 16.8 Å². The van der Waals surface area contributed by atoms with Crippen LogP contribution in [0.4, 0.5) is 0 Å². The molecule has 0 aliphatic carbocycles. The summed E-state index contributed by atoms with van der Waals surface area (Å²) in [6, 6.07) is 16.8. The van der Waals surface area contributed by atoms with Gasteiger partial charge in [-0.05, 0) is 72.5 Å². The second-order valence-corrected chi connectivity index (χ2v) is 10.5. The fourth-order valence-corrected chi connectivity index (χ4v) is 4.96. The number of rotatable bonds is 2. The van der Waals surface area contributed by atoms with Gasteiger partial charge in [-0.15, -0.1) is 0 Å². The Hall–Kier alpha value is -1.52. The summed E-state index contributed by atoms with van der Waals surface area (Å²) in [5.41, 5.74) is 4.00. The van der Waals surface area contributed by atoms with Gasteiger partial charge in [0.1, 0.15) is 20.2 Å². The normalized spacial score (nSPS) is 11.6. The quantitative estimate of drug-likeness (QED) is 0.293. The summed E-state index contributed by atoms with van der Waals surface area (Å²) in [6.07, 6.45) is 0. The van der Waals surface area contributed by atoms with E-state index in [4.69, 9.17) is 0 Å². The molecule has 0 atom stereocenters. The van der Waals surface area contributed by atoms with Crippen molar-refractivity contribution in [3.63, 3.8) is 0 Å². The summed E-state index contributed by atoms with van der Waals surface area (Å²) in [4.78, 5) is -0.291. The summed E-state index contributed by atoms with van der Waals surface area (Å²) in [6.45, 7) is 7.64. The molecule has 0 amide bonds.